The predicted octanol–water partition coefficient (Wildman–Crippen LogP) is 4.98. The molecule has 0 spiro atoms. The minimum atomic E-state index is -0.990. The Morgan fingerprint density at radius 3 is 2.49 bits per heavy atom. The highest BCUT2D eigenvalue weighted by Crippen LogP contribution is 2.36. The van der Waals surface area contributed by atoms with Crippen molar-refractivity contribution in [1.82, 2.24) is 5.32 Å². The summed E-state index contributed by atoms with van der Waals surface area (Å²) in [6.45, 7) is -0.0541. The number of hydrogen-bond acceptors (Lipinski definition) is 5. The summed E-state index contributed by atoms with van der Waals surface area (Å²) in [5.41, 5.74) is 0.340. The van der Waals surface area contributed by atoms with Gasteiger partial charge >= 0.3 is 6.03 Å². The molecule has 0 saturated carbocycles. The van der Waals surface area contributed by atoms with E-state index in [4.69, 9.17) is 9.47 Å². The molecule has 1 aliphatic heterocycles. The molecule has 10 heteroatoms. The summed E-state index contributed by atoms with van der Waals surface area (Å²) in [4.78, 5) is 38.5. The van der Waals surface area contributed by atoms with Crippen LogP contribution in [-0.4, -0.2) is 25.0 Å². The first-order chi connectivity index (χ1) is 16.8. The van der Waals surface area contributed by atoms with Crippen LogP contribution in [0.25, 0.3) is 6.08 Å². The number of nitrogens with zero attached hydrogens (tertiary/aromatic N) is 1. The van der Waals surface area contributed by atoms with Crippen molar-refractivity contribution in [2.45, 2.75) is 6.61 Å². The van der Waals surface area contributed by atoms with E-state index >= 15 is 0 Å². The molecule has 1 aliphatic rings. The van der Waals surface area contributed by atoms with Gasteiger partial charge in [0.1, 0.15) is 23.8 Å². The average Bonchev–Trinajstić information content (AvgIpc) is 2.82. The van der Waals surface area contributed by atoms with Crippen LogP contribution in [0, 0.1) is 11.6 Å². The molecule has 1 N–H and O–H groups in total. The molecule has 178 valence electrons. The van der Waals surface area contributed by atoms with E-state index < -0.39 is 29.5 Å². The lowest BCUT2D eigenvalue weighted by Gasteiger charge is -2.26. The van der Waals surface area contributed by atoms with Crippen LogP contribution in [0.1, 0.15) is 11.1 Å². The van der Waals surface area contributed by atoms with E-state index in [1.54, 1.807) is 24.3 Å². The van der Waals surface area contributed by atoms with Crippen molar-refractivity contribution in [2.75, 3.05) is 12.0 Å². The van der Waals surface area contributed by atoms with Gasteiger partial charge in [0.2, 0.25) is 0 Å². The Morgan fingerprint density at radius 1 is 1.00 bits per heavy atom. The summed E-state index contributed by atoms with van der Waals surface area (Å²) in [5.74, 6) is -2.33. The number of methoxy groups -OCH3 is 1. The molecule has 1 heterocycles. The second kappa shape index (κ2) is 10.1. The largest absolute Gasteiger partial charge is 0.493 e. The fourth-order valence-electron chi connectivity index (χ4n) is 3.37. The minimum Gasteiger partial charge on any atom is -0.493 e. The molecule has 35 heavy (non-hydrogen) atoms. The van der Waals surface area contributed by atoms with Crippen LogP contribution in [0.3, 0.4) is 0 Å². The SMILES string of the molecule is COc1cc(/C=C2\C(=O)NC(=O)N(c3cccc(F)c3)C2=O)c(Br)cc1OCc1ccccc1F. The van der Waals surface area contributed by atoms with Crippen LogP contribution >= 0.6 is 15.9 Å². The lowest BCUT2D eigenvalue weighted by Crippen LogP contribution is -2.54. The Labute approximate surface area is 207 Å². The Hall–Kier alpha value is -4.05. The van der Waals surface area contributed by atoms with Gasteiger partial charge in [-0.15, -0.1) is 0 Å². The van der Waals surface area contributed by atoms with E-state index in [-0.39, 0.29) is 23.6 Å². The number of halogens is 3. The third-order valence-corrected chi connectivity index (χ3v) is 5.78. The Balaban J connectivity index is 1.66. The predicted molar refractivity (Wildman–Crippen MR) is 127 cm³/mol. The molecule has 0 aliphatic carbocycles. The first-order valence-electron chi connectivity index (χ1n) is 10.2. The molecular weight excluding hydrogens is 526 g/mol. The highest BCUT2D eigenvalue weighted by Gasteiger charge is 2.37. The molecule has 0 aromatic heterocycles. The van der Waals surface area contributed by atoms with Crippen LogP contribution in [0.15, 0.2) is 70.7 Å². The number of ether oxygens (including phenoxy) is 2. The molecule has 4 rings (SSSR count). The van der Waals surface area contributed by atoms with E-state index in [2.05, 4.69) is 21.2 Å². The number of carbonyl (C=O) groups is 3. The zero-order valence-corrected chi connectivity index (χ0v) is 19.8. The molecule has 0 bridgehead atoms. The fourth-order valence-corrected chi connectivity index (χ4v) is 3.80. The molecule has 0 atom stereocenters. The third-order valence-electron chi connectivity index (χ3n) is 5.09. The zero-order valence-electron chi connectivity index (χ0n) is 18.2. The maximum absolute atomic E-state index is 13.9. The smallest absolute Gasteiger partial charge is 0.335 e. The van der Waals surface area contributed by atoms with Gasteiger partial charge in [0.25, 0.3) is 11.8 Å². The topological polar surface area (TPSA) is 84.9 Å². The van der Waals surface area contributed by atoms with Gasteiger partial charge in [-0.25, -0.2) is 18.5 Å². The van der Waals surface area contributed by atoms with Gasteiger partial charge < -0.3 is 9.47 Å². The molecule has 3 aromatic carbocycles. The Kier molecular flexibility index (Phi) is 6.92. The molecule has 0 unspecified atom stereocenters. The van der Waals surface area contributed by atoms with Crippen molar-refractivity contribution in [2.24, 2.45) is 0 Å². The number of barbiturate groups is 1. The number of anilines is 1. The summed E-state index contributed by atoms with van der Waals surface area (Å²) in [5, 5.41) is 2.08. The van der Waals surface area contributed by atoms with Crippen LogP contribution in [0.4, 0.5) is 19.3 Å². The van der Waals surface area contributed by atoms with Crippen molar-refractivity contribution in [1.29, 1.82) is 0 Å². The molecular formula is C25H17BrF2N2O5. The van der Waals surface area contributed by atoms with Crippen LogP contribution in [0.5, 0.6) is 11.5 Å². The molecule has 1 fully saturated rings. The van der Waals surface area contributed by atoms with Gasteiger partial charge in [-0.05, 0) is 48.0 Å². The monoisotopic (exact) mass is 542 g/mol. The number of imide groups is 2. The standard InChI is InChI=1S/C25H17BrF2N2O5/c1-34-21-10-15(19(26)12-22(21)35-13-14-5-2-3-8-20(14)28)9-18-23(31)29-25(33)30(24(18)32)17-7-4-6-16(27)11-17/h2-12H,13H2,1H3,(H,29,31,33)/b18-9+. The number of amides is 4. The number of rotatable bonds is 6. The average molecular weight is 543 g/mol. The molecule has 4 amide bonds. The summed E-state index contributed by atoms with van der Waals surface area (Å²) in [7, 11) is 1.40. The number of carbonyl (C=O) groups excluding carboxylic acids is 3. The first kappa shape index (κ1) is 24.1. The van der Waals surface area contributed by atoms with E-state index in [1.165, 1.54) is 37.5 Å². The van der Waals surface area contributed by atoms with Gasteiger partial charge in [-0.1, -0.05) is 40.2 Å². The maximum Gasteiger partial charge on any atom is 0.335 e. The second-order valence-electron chi connectivity index (χ2n) is 7.34. The van der Waals surface area contributed by atoms with E-state index in [1.807, 2.05) is 0 Å². The van der Waals surface area contributed by atoms with E-state index in [0.717, 1.165) is 12.1 Å². The van der Waals surface area contributed by atoms with Gasteiger partial charge in [0.15, 0.2) is 11.5 Å². The molecule has 7 nitrogen and oxygen atoms in total. The van der Waals surface area contributed by atoms with Crippen LogP contribution in [-0.2, 0) is 16.2 Å². The van der Waals surface area contributed by atoms with Crippen LogP contribution in [0.2, 0.25) is 0 Å². The molecule has 0 radical (unpaired) electrons. The highest BCUT2D eigenvalue weighted by molar-refractivity contribution is 9.10. The molecule has 1 saturated heterocycles. The maximum atomic E-state index is 13.9. The van der Waals surface area contributed by atoms with Crippen molar-refractivity contribution >= 4 is 45.5 Å². The van der Waals surface area contributed by atoms with Gasteiger partial charge in [0.05, 0.1) is 12.8 Å². The minimum absolute atomic E-state index is 0.0283. The second-order valence-corrected chi connectivity index (χ2v) is 8.20. The Bertz CT molecular complexity index is 1380. The highest BCUT2D eigenvalue weighted by atomic mass is 79.9. The number of urea groups is 1. The van der Waals surface area contributed by atoms with Crippen molar-refractivity contribution in [3.05, 3.63) is 93.5 Å². The number of benzene rings is 3. The third kappa shape index (κ3) is 5.07. The van der Waals surface area contributed by atoms with E-state index in [0.29, 0.717) is 26.2 Å². The van der Waals surface area contributed by atoms with Crippen LogP contribution < -0.4 is 19.7 Å². The fraction of sp³-hybridized carbons (Fsp3) is 0.0800. The van der Waals surface area contributed by atoms with Crippen molar-refractivity contribution < 1.29 is 32.6 Å². The van der Waals surface area contributed by atoms with Gasteiger partial charge in [-0.2, -0.15) is 0 Å². The van der Waals surface area contributed by atoms with Gasteiger partial charge in [0, 0.05) is 10.0 Å². The lowest BCUT2D eigenvalue weighted by molar-refractivity contribution is -0.122. The van der Waals surface area contributed by atoms with Crippen molar-refractivity contribution in [3.63, 3.8) is 0 Å². The van der Waals surface area contributed by atoms with E-state index in [9.17, 15) is 23.2 Å². The first-order valence-corrected chi connectivity index (χ1v) is 11.0. The summed E-state index contributed by atoms with van der Waals surface area (Å²) in [6.07, 6.45) is 1.27. The number of hydrogen-bond donors (Lipinski definition) is 1. The summed E-state index contributed by atoms with van der Waals surface area (Å²) in [6, 6.07) is 13.1. The Morgan fingerprint density at radius 2 is 1.77 bits per heavy atom. The zero-order chi connectivity index (χ0) is 25.1. The summed E-state index contributed by atoms with van der Waals surface area (Å²) >= 11 is 3.37. The van der Waals surface area contributed by atoms with Gasteiger partial charge in [-0.3, -0.25) is 14.9 Å². The normalized spacial score (nSPS) is 14.8. The van der Waals surface area contributed by atoms with Crippen molar-refractivity contribution in [3.8, 4) is 11.5 Å². The summed E-state index contributed by atoms with van der Waals surface area (Å²) < 4.78 is 39.1. The number of nitrogens with one attached hydrogen (secondary N) is 1. The lowest BCUT2D eigenvalue weighted by atomic mass is 10.1. The molecule has 3 aromatic rings. The quantitative estimate of drug-likeness (QED) is 0.350.